The number of nitrogens with one attached hydrogen (secondary N) is 1. The summed E-state index contributed by atoms with van der Waals surface area (Å²) in [5.74, 6) is 0.524. The number of aromatic amines is 1. The van der Waals surface area contributed by atoms with E-state index in [2.05, 4.69) is 9.97 Å². The van der Waals surface area contributed by atoms with Crippen LogP contribution in [0.25, 0.3) is 11.4 Å². The van der Waals surface area contributed by atoms with Gasteiger partial charge in [0.15, 0.2) is 0 Å². The van der Waals surface area contributed by atoms with E-state index in [1.807, 2.05) is 19.1 Å². The number of aliphatic hydroxyl groups is 1. The van der Waals surface area contributed by atoms with Gasteiger partial charge >= 0.3 is 0 Å². The van der Waals surface area contributed by atoms with Crippen molar-refractivity contribution in [2.45, 2.75) is 13.0 Å². The van der Waals surface area contributed by atoms with E-state index in [0.717, 1.165) is 0 Å². The van der Waals surface area contributed by atoms with E-state index in [1.54, 1.807) is 47.6 Å². The lowest BCUT2D eigenvalue weighted by molar-refractivity contribution is 0.0635. The van der Waals surface area contributed by atoms with E-state index in [-0.39, 0.29) is 18.2 Å². The van der Waals surface area contributed by atoms with Crippen LogP contribution >= 0.6 is 0 Å². The average Bonchev–Trinajstić information content (AvgIpc) is 3.20. The second kappa shape index (κ2) is 7.84. The smallest absolute Gasteiger partial charge is 0.254 e. The van der Waals surface area contributed by atoms with Crippen LogP contribution in [0.5, 0.6) is 5.75 Å². The van der Waals surface area contributed by atoms with Crippen molar-refractivity contribution in [3.8, 4) is 17.1 Å². The van der Waals surface area contributed by atoms with Crippen molar-refractivity contribution < 1.29 is 15.0 Å². The summed E-state index contributed by atoms with van der Waals surface area (Å²) in [5, 5.41) is 20.1. The number of imidazole rings is 1. The van der Waals surface area contributed by atoms with Gasteiger partial charge in [0, 0.05) is 24.5 Å². The summed E-state index contributed by atoms with van der Waals surface area (Å²) in [7, 11) is 0. The van der Waals surface area contributed by atoms with Crippen LogP contribution in [0, 0.1) is 0 Å². The number of benzene rings is 2. The Morgan fingerprint density at radius 1 is 1.23 bits per heavy atom. The molecule has 134 valence electrons. The Balaban J connectivity index is 1.84. The summed E-state index contributed by atoms with van der Waals surface area (Å²) in [6.07, 6.45) is 2.46. The molecule has 1 amide bonds. The minimum absolute atomic E-state index is 0.0825. The highest BCUT2D eigenvalue weighted by molar-refractivity contribution is 6.00. The molecule has 2 aromatic carbocycles. The van der Waals surface area contributed by atoms with Crippen LogP contribution < -0.4 is 0 Å². The number of phenols is 1. The second-order valence-electron chi connectivity index (χ2n) is 5.94. The van der Waals surface area contributed by atoms with Gasteiger partial charge in [0.2, 0.25) is 0 Å². The molecule has 0 aliphatic heterocycles. The Hall–Kier alpha value is -3.12. The molecule has 3 N–H and O–H groups in total. The summed E-state index contributed by atoms with van der Waals surface area (Å²) in [4.78, 5) is 21.9. The first kappa shape index (κ1) is 17.7. The third kappa shape index (κ3) is 3.75. The summed E-state index contributed by atoms with van der Waals surface area (Å²) in [6, 6.07) is 13.7. The molecule has 0 saturated heterocycles. The number of H-pyrrole nitrogens is 1. The predicted octanol–water partition coefficient (Wildman–Crippen LogP) is 2.98. The monoisotopic (exact) mass is 351 g/mol. The fraction of sp³-hybridized carbons (Fsp3) is 0.200. The van der Waals surface area contributed by atoms with E-state index in [4.69, 9.17) is 0 Å². The normalized spacial score (nSPS) is 11.9. The number of likely N-dealkylation sites (N-methyl/N-ethyl adjacent to an activating group) is 1. The number of nitrogens with zero attached hydrogens (tertiary/aromatic N) is 2. The van der Waals surface area contributed by atoms with Gasteiger partial charge in [0.1, 0.15) is 11.6 Å². The van der Waals surface area contributed by atoms with Crippen molar-refractivity contribution in [2.24, 2.45) is 0 Å². The van der Waals surface area contributed by atoms with Crippen molar-refractivity contribution in [1.82, 2.24) is 14.9 Å². The third-order valence-electron chi connectivity index (χ3n) is 4.23. The van der Waals surface area contributed by atoms with Gasteiger partial charge in [0.05, 0.1) is 18.2 Å². The number of phenolic OH excluding ortho intramolecular Hbond substituents is 1. The average molecular weight is 351 g/mol. The molecule has 0 radical (unpaired) electrons. The molecule has 6 heteroatoms. The molecule has 0 fully saturated rings. The van der Waals surface area contributed by atoms with Gasteiger partial charge in [-0.3, -0.25) is 4.79 Å². The molecule has 0 saturated carbocycles. The fourth-order valence-corrected chi connectivity index (χ4v) is 2.86. The van der Waals surface area contributed by atoms with E-state index in [9.17, 15) is 15.0 Å². The third-order valence-corrected chi connectivity index (χ3v) is 4.23. The zero-order chi connectivity index (χ0) is 18.5. The lowest BCUT2D eigenvalue weighted by Gasteiger charge is -2.25. The van der Waals surface area contributed by atoms with E-state index in [1.165, 1.54) is 6.07 Å². The van der Waals surface area contributed by atoms with Crippen LogP contribution in [-0.2, 0) is 0 Å². The Labute approximate surface area is 151 Å². The van der Waals surface area contributed by atoms with Gasteiger partial charge in [-0.05, 0) is 30.7 Å². The van der Waals surface area contributed by atoms with Gasteiger partial charge in [-0.15, -0.1) is 0 Å². The number of aromatic nitrogens is 2. The highest BCUT2D eigenvalue weighted by Crippen LogP contribution is 2.24. The molecule has 1 unspecified atom stereocenters. The number of carbonyl (C=O) groups is 1. The van der Waals surface area contributed by atoms with E-state index in [0.29, 0.717) is 29.1 Å². The SMILES string of the molecule is CCN(CC(O)c1cccc(O)c1)C(=O)c1ccccc1-c1ncc[nH]1. The maximum atomic E-state index is 13.0. The highest BCUT2D eigenvalue weighted by atomic mass is 16.3. The van der Waals surface area contributed by atoms with Gasteiger partial charge < -0.3 is 20.1 Å². The molecule has 1 heterocycles. The van der Waals surface area contributed by atoms with Crippen molar-refractivity contribution in [3.05, 3.63) is 72.1 Å². The first-order valence-electron chi connectivity index (χ1n) is 8.45. The van der Waals surface area contributed by atoms with Gasteiger partial charge in [-0.1, -0.05) is 30.3 Å². The summed E-state index contributed by atoms with van der Waals surface area (Å²) < 4.78 is 0. The van der Waals surface area contributed by atoms with Crippen molar-refractivity contribution in [1.29, 1.82) is 0 Å². The van der Waals surface area contributed by atoms with Crippen LogP contribution in [0.3, 0.4) is 0 Å². The van der Waals surface area contributed by atoms with Gasteiger partial charge in [-0.2, -0.15) is 0 Å². The number of aromatic hydroxyl groups is 1. The Morgan fingerprint density at radius 3 is 2.73 bits per heavy atom. The van der Waals surface area contributed by atoms with Crippen LogP contribution in [0.1, 0.15) is 28.9 Å². The van der Waals surface area contributed by atoms with E-state index >= 15 is 0 Å². The molecule has 0 spiro atoms. The topological polar surface area (TPSA) is 89.4 Å². The molecule has 0 aliphatic rings. The minimum Gasteiger partial charge on any atom is -0.508 e. The molecular formula is C20H21N3O3. The molecule has 1 aromatic heterocycles. The molecular weight excluding hydrogens is 330 g/mol. The number of rotatable bonds is 6. The van der Waals surface area contributed by atoms with Crippen LogP contribution in [-0.4, -0.2) is 44.1 Å². The quantitative estimate of drug-likeness (QED) is 0.637. The maximum Gasteiger partial charge on any atom is 0.254 e. The summed E-state index contributed by atoms with van der Waals surface area (Å²) in [5.41, 5.74) is 1.80. The summed E-state index contributed by atoms with van der Waals surface area (Å²) >= 11 is 0. The van der Waals surface area contributed by atoms with Crippen LogP contribution in [0.2, 0.25) is 0 Å². The van der Waals surface area contributed by atoms with Crippen molar-refractivity contribution >= 4 is 5.91 Å². The lowest BCUT2D eigenvalue weighted by Crippen LogP contribution is -2.35. The molecule has 3 rings (SSSR count). The fourth-order valence-electron chi connectivity index (χ4n) is 2.86. The van der Waals surface area contributed by atoms with Gasteiger partial charge in [0.25, 0.3) is 5.91 Å². The van der Waals surface area contributed by atoms with E-state index < -0.39 is 6.10 Å². The molecule has 1 atom stereocenters. The number of aliphatic hydroxyl groups excluding tert-OH is 1. The highest BCUT2D eigenvalue weighted by Gasteiger charge is 2.22. The number of carbonyl (C=O) groups excluding carboxylic acids is 1. The number of hydrogen-bond acceptors (Lipinski definition) is 4. The summed E-state index contributed by atoms with van der Waals surface area (Å²) in [6.45, 7) is 2.44. The molecule has 3 aromatic rings. The Bertz CT molecular complexity index is 878. The largest absolute Gasteiger partial charge is 0.508 e. The number of amides is 1. The molecule has 0 bridgehead atoms. The standard InChI is InChI=1S/C20H21N3O3/c1-2-23(13-18(25)14-6-5-7-15(24)12-14)20(26)17-9-4-3-8-16(17)19-21-10-11-22-19/h3-12,18,24-25H,2,13H2,1H3,(H,21,22). The number of hydrogen-bond donors (Lipinski definition) is 3. The molecule has 6 nitrogen and oxygen atoms in total. The van der Waals surface area contributed by atoms with Crippen molar-refractivity contribution in [3.63, 3.8) is 0 Å². The van der Waals surface area contributed by atoms with Gasteiger partial charge in [-0.25, -0.2) is 4.98 Å². The zero-order valence-corrected chi connectivity index (χ0v) is 14.5. The van der Waals surface area contributed by atoms with Crippen molar-refractivity contribution in [2.75, 3.05) is 13.1 Å². The molecule has 0 aliphatic carbocycles. The predicted molar refractivity (Wildman–Crippen MR) is 98.7 cm³/mol. The first-order valence-corrected chi connectivity index (χ1v) is 8.45. The zero-order valence-electron chi connectivity index (χ0n) is 14.5. The maximum absolute atomic E-state index is 13.0. The second-order valence-corrected chi connectivity index (χ2v) is 5.94. The lowest BCUT2D eigenvalue weighted by atomic mass is 10.0. The Morgan fingerprint density at radius 2 is 2.04 bits per heavy atom. The van der Waals surface area contributed by atoms with Crippen LogP contribution in [0.15, 0.2) is 60.9 Å². The Kier molecular flexibility index (Phi) is 5.34. The minimum atomic E-state index is -0.887. The van der Waals surface area contributed by atoms with Crippen LogP contribution in [0.4, 0.5) is 0 Å². The first-order chi connectivity index (χ1) is 12.6. The molecule has 26 heavy (non-hydrogen) atoms.